The predicted molar refractivity (Wildman–Crippen MR) is 83.9 cm³/mol. The van der Waals surface area contributed by atoms with Gasteiger partial charge in [0.05, 0.1) is 5.69 Å². The molecule has 1 aromatic carbocycles. The van der Waals surface area contributed by atoms with Crippen molar-refractivity contribution < 1.29 is 0 Å². The molecule has 20 heavy (non-hydrogen) atoms. The molecule has 0 spiro atoms. The molecule has 2 rings (SSSR count). The Kier molecular flexibility index (Phi) is 4.96. The summed E-state index contributed by atoms with van der Waals surface area (Å²) in [7, 11) is 2.01. The van der Waals surface area contributed by atoms with E-state index >= 15 is 0 Å². The van der Waals surface area contributed by atoms with Crippen LogP contribution in [0.1, 0.15) is 49.2 Å². The van der Waals surface area contributed by atoms with Gasteiger partial charge >= 0.3 is 0 Å². The van der Waals surface area contributed by atoms with E-state index in [9.17, 15) is 0 Å². The van der Waals surface area contributed by atoms with Crippen molar-refractivity contribution >= 4 is 0 Å². The molecule has 0 saturated heterocycles. The number of hydrogen-bond acceptors (Lipinski definition) is 2. The second kappa shape index (κ2) is 6.71. The van der Waals surface area contributed by atoms with Crippen LogP contribution in [0.5, 0.6) is 0 Å². The second-order valence-electron chi connectivity index (χ2n) is 5.50. The average Bonchev–Trinajstić information content (AvgIpc) is 2.93. The van der Waals surface area contributed by atoms with Crippen molar-refractivity contribution in [1.82, 2.24) is 15.1 Å². The number of nitrogens with one attached hydrogen (secondary N) is 1. The number of benzene rings is 1. The predicted octanol–water partition coefficient (Wildman–Crippen LogP) is 3.67. The molecular formula is C17H25N3. The summed E-state index contributed by atoms with van der Waals surface area (Å²) >= 11 is 0. The van der Waals surface area contributed by atoms with Crippen molar-refractivity contribution in [2.24, 2.45) is 0 Å². The Morgan fingerprint density at radius 1 is 1.20 bits per heavy atom. The first-order valence-corrected chi connectivity index (χ1v) is 7.42. The van der Waals surface area contributed by atoms with Crippen molar-refractivity contribution in [3.8, 4) is 0 Å². The summed E-state index contributed by atoms with van der Waals surface area (Å²) in [6, 6.07) is 11.6. The summed E-state index contributed by atoms with van der Waals surface area (Å²) in [4.78, 5) is 0. The number of likely N-dealkylation sites (N-methyl/N-ethyl adjacent to an activating group) is 1. The van der Waals surface area contributed by atoms with Crippen LogP contribution < -0.4 is 5.32 Å². The second-order valence-corrected chi connectivity index (χ2v) is 5.50. The molecule has 0 bridgehead atoms. The minimum Gasteiger partial charge on any atom is -0.313 e. The summed E-state index contributed by atoms with van der Waals surface area (Å²) in [6.07, 6.45) is 4.11. The first kappa shape index (κ1) is 14.8. The highest BCUT2D eigenvalue weighted by Gasteiger charge is 2.12. The number of nitrogens with zero attached hydrogens (tertiary/aromatic N) is 2. The summed E-state index contributed by atoms with van der Waals surface area (Å²) in [5.74, 6) is 0. The van der Waals surface area contributed by atoms with E-state index in [1.54, 1.807) is 0 Å². The van der Waals surface area contributed by atoms with E-state index < -0.39 is 0 Å². The third-order valence-corrected chi connectivity index (χ3v) is 3.95. The normalized spacial score (nSPS) is 14.2. The Labute approximate surface area is 122 Å². The van der Waals surface area contributed by atoms with Gasteiger partial charge in [0.15, 0.2) is 0 Å². The van der Waals surface area contributed by atoms with Gasteiger partial charge in [-0.3, -0.25) is 4.68 Å². The highest BCUT2D eigenvalue weighted by molar-refractivity contribution is 5.25. The van der Waals surface area contributed by atoms with E-state index in [1.165, 1.54) is 11.1 Å². The molecule has 0 radical (unpaired) electrons. The maximum absolute atomic E-state index is 4.69. The number of hydrogen-bond donors (Lipinski definition) is 1. The van der Waals surface area contributed by atoms with Crippen LogP contribution in [-0.4, -0.2) is 16.8 Å². The molecule has 1 N–H and O–H groups in total. The summed E-state index contributed by atoms with van der Waals surface area (Å²) in [5, 5.41) is 8.08. The lowest BCUT2D eigenvalue weighted by Gasteiger charge is -2.16. The monoisotopic (exact) mass is 271 g/mol. The quantitative estimate of drug-likeness (QED) is 0.869. The third kappa shape index (κ3) is 3.48. The van der Waals surface area contributed by atoms with E-state index in [1.807, 2.05) is 7.05 Å². The molecule has 0 aliphatic heterocycles. The van der Waals surface area contributed by atoms with E-state index in [-0.39, 0.29) is 0 Å². The van der Waals surface area contributed by atoms with Crippen molar-refractivity contribution in [3.05, 3.63) is 53.3 Å². The van der Waals surface area contributed by atoms with Crippen LogP contribution in [0.2, 0.25) is 0 Å². The first-order chi connectivity index (χ1) is 9.63. The fraction of sp³-hybridized carbons (Fsp3) is 0.471. The third-order valence-electron chi connectivity index (χ3n) is 3.95. The molecule has 1 heterocycles. The maximum Gasteiger partial charge on any atom is 0.0643 e. The van der Waals surface area contributed by atoms with Crippen LogP contribution >= 0.6 is 0 Å². The summed E-state index contributed by atoms with van der Waals surface area (Å²) < 4.78 is 2.07. The van der Waals surface area contributed by atoms with Gasteiger partial charge in [0.2, 0.25) is 0 Å². The molecule has 108 valence electrons. The smallest absolute Gasteiger partial charge is 0.0643 e. The molecule has 2 aromatic rings. The number of rotatable bonds is 6. The lowest BCUT2D eigenvalue weighted by atomic mass is 10.0. The van der Waals surface area contributed by atoms with Gasteiger partial charge in [0, 0.05) is 24.7 Å². The molecule has 3 nitrogen and oxygen atoms in total. The van der Waals surface area contributed by atoms with Gasteiger partial charge in [-0.25, -0.2) is 0 Å². The summed E-state index contributed by atoms with van der Waals surface area (Å²) in [6.45, 7) is 6.51. The lowest BCUT2D eigenvalue weighted by Crippen LogP contribution is -2.19. The Bertz CT molecular complexity index is 527. The zero-order chi connectivity index (χ0) is 14.5. The number of aromatic nitrogens is 2. The molecule has 3 heteroatoms. The molecule has 2 atom stereocenters. The van der Waals surface area contributed by atoms with Crippen LogP contribution in [0.15, 0.2) is 36.5 Å². The van der Waals surface area contributed by atoms with E-state index in [4.69, 9.17) is 0 Å². The Morgan fingerprint density at radius 2 is 1.90 bits per heavy atom. The van der Waals surface area contributed by atoms with Crippen LogP contribution in [0, 0.1) is 6.92 Å². The molecule has 0 amide bonds. The van der Waals surface area contributed by atoms with Crippen molar-refractivity contribution in [2.75, 3.05) is 7.05 Å². The van der Waals surface area contributed by atoms with E-state index in [2.05, 4.69) is 72.4 Å². The first-order valence-electron chi connectivity index (χ1n) is 7.42. The molecule has 0 fully saturated rings. The van der Waals surface area contributed by atoms with Crippen LogP contribution in [0.3, 0.4) is 0 Å². The fourth-order valence-corrected chi connectivity index (χ4v) is 2.31. The molecule has 2 unspecified atom stereocenters. The SMILES string of the molecule is CCC(C)n1ccc(CC(NC)c2ccc(C)cc2)n1. The zero-order valence-electron chi connectivity index (χ0n) is 12.9. The zero-order valence-corrected chi connectivity index (χ0v) is 12.9. The van der Waals surface area contributed by atoms with Crippen LogP contribution in [-0.2, 0) is 6.42 Å². The standard InChI is InChI=1S/C17H25N3/c1-5-14(3)20-11-10-16(19-20)12-17(18-4)15-8-6-13(2)7-9-15/h6-11,14,17-18H,5,12H2,1-4H3. The lowest BCUT2D eigenvalue weighted by molar-refractivity contribution is 0.469. The van der Waals surface area contributed by atoms with Crippen LogP contribution in [0.4, 0.5) is 0 Å². The fourth-order valence-electron chi connectivity index (χ4n) is 2.31. The molecule has 0 saturated carbocycles. The van der Waals surface area contributed by atoms with E-state index in [0.717, 1.165) is 18.5 Å². The van der Waals surface area contributed by atoms with Gasteiger partial charge in [-0.15, -0.1) is 0 Å². The Morgan fingerprint density at radius 3 is 2.50 bits per heavy atom. The van der Waals surface area contributed by atoms with Gasteiger partial charge in [0.25, 0.3) is 0 Å². The van der Waals surface area contributed by atoms with Gasteiger partial charge in [0.1, 0.15) is 0 Å². The van der Waals surface area contributed by atoms with Gasteiger partial charge in [-0.2, -0.15) is 5.10 Å². The Hall–Kier alpha value is -1.61. The molecule has 0 aliphatic carbocycles. The minimum absolute atomic E-state index is 0.316. The molecular weight excluding hydrogens is 246 g/mol. The Balaban J connectivity index is 2.10. The highest BCUT2D eigenvalue weighted by Crippen LogP contribution is 2.19. The van der Waals surface area contributed by atoms with Gasteiger partial charge in [-0.05, 0) is 38.9 Å². The van der Waals surface area contributed by atoms with Crippen molar-refractivity contribution in [3.63, 3.8) is 0 Å². The maximum atomic E-state index is 4.69. The van der Waals surface area contributed by atoms with Gasteiger partial charge < -0.3 is 5.32 Å². The van der Waals surface area contributed by atoms with Crippen molar-refractivity contribution in [2.45, 2.75) is 45.7 Å². The number of aryl methyl sites for hydroxylation is 1. The van der Waals surface area contributed by atoms with E-state index in [0.29, 0.717) is 12.1 Å². The van der Waals surface area contributed by atoms with Gasteiger partial charge in [-0.1, -0.05) is 36.8 Å². The van der Waals surface area contributed by atoms with Crippen LogP contribution in [0.25, 0.3) is 0 Å². The van der Waals surface area contributed by atoms with Crippen molar-refractivity contribution in [1.29, 1.82) is 0 Å². The minimum atomic E-state index is 0.316. The topological polar surface area (TPSA) is 29.9 Å². The summed E-state index contributed by atoms with van der Waals surface area (Å²) in [5.41, 5.74) is 3.76. The molecule has 0 aliphatic rings. The largest absolute Gasteiger partial charge is 0.313 e. The highest BCUT2D eigenvalue weighted by atomic mass is 15.3. The average molecular weight is 271 g/mol. The molecule has 1 aromatic heterocycles.